The van der Waals surface area contributed by atoms with E-state index in [0.29, 0.717) is 12.1 Å². The predicted molar refractivity (Wildman–Crippen MR) is 69.2 cm³/mol. The highest BCUT2D eigenvalue weighted by atomic mass is 16.5. The molecule has 1 saturated heterocycles. The molecule has 100 valence electrons. The lowest BCUT2D eigenvalue weighted by Crippen LogP contribution is -2.49. The van der Waals surface area contributed by atoms with Crippen LogP contribution in [-0.4, -0.2) is 38.0 Å². The molecule has 4 unspecified atom stereocenters. The lowest BCUT2D eigenvalue weighted by atomic mass is 9.88. The van der Waals surface area contributed by atoms with Gasteiger partial charge in [-0.3, -0.25) is 0 Å². The van der Waals surface area contributed by atoms with E-state index in [9.17, 15) is 0 Å². The van der Waals surface area contributed by atoms with Gasteiger partial charge < -0.3 is 14.8 Å². The van der Waals surface area contributed by atoms with Crippen LogP contribution in [0.3, 0.4) is 0 Å². The van der Waals surface area contributed by atoms with Crippen molar-refractivity contribution in [2.45, 2.75) is 64.2 Å². The van der Waals surface area contributed by atoms with Crippen molar-refractivity contribution in [1.29, 1.82) is 0 Å². The summed E-state index contributed by atoms with van der Waals surface area (Å²) in [6.07, 6.45) is 6.98. The standard InChI is InChI=1S/C14H27NO2/c1-3-15-13-7-8-16-10-14(13)17-12-6-4-5-11(2)9-12/h11-15H,3-10H2,1-2H3. The molecule has 0 bridgehead atoms. The number of rotatable bonds is 4. The van der Waals surface area contributed by atoms with Crippen LogP contribution in [0.25, 0.3) is 0 Å². The van der Waals surface area contributed by atoms with Crippen LogP contribution < -0.4 is 5.32 Å². The fraction of sp³-hybridized carbons (Fsp3) is 1.00. The normalized spacial score (nSPS) is 39.2. The Morgan fingerprint density at radius 1 is 1.29 bits per heavy atom. The Morgan fingerprint density at radius 3 is 2.94 bits per heavy atom. The lowest BCUT2D eigenvalue weighted by Gasteiger charge is -2.36. The summed E-state index contributed by atoms with van der Waals surface area (Å²) in [6, 6.07) is 0.492. The van der Waals surface area contributed by atoms with Gasteiger partial charge >= 0.3 is 0 Å². The van der Waals surface area contributed by atoms with Crippen LogP contribution in [-0.2, 0) is 9.47 Å². The van der Waals surface area contributed by atoms with Crippen molar-refractivity contribution < 1.29 is 9.47 Å². The Kier molecular flexibility index (Phi) is 5.26. The van der Waals surface area contributed by atoms with E-state index in [1.165, 1.54) is 25.7 Å². The van der Waals surface area contributed by atoms with Crippen LogP contribution in [0.5, 0.6) is 0 Å². The van der Waals surface area contributed by atoms with Crippen LogP contribution in [0.2, 0.25) is 0 Å². The van der Waals surface area contributed by atoms with E-state index in [0.717, 1.165) is 32.1 Å². The molecule has 3 heteroatoms. The second kappa shape index (κ2) is 6.72. The number of hydrogen-bond acceptors (Lipinski definition) is 3. The van der Waals surface area contributed by atoms with Crippen LogP contribution in [0.1, 0.15) is 46.0 Å². The second-order valence-corrected chi connectivity index (χ2v) is 5.60. The van der Waals surface area contributed by atoms with E-state index in [4.69, 9.17) is 9.47 Å². The third-order valence-corrected chi connectivity index (χ3v) is 4.03. The molecule has 1 aliphatic heterocycles. The minimum Gasteiger partial charge on any atom is -0.379 e. The first-order valence-corrected chi connectivity index (χ1v) is 7.26. The van der Waals surface area contributed by atoms with Crippen molar-refractivity contribution in [2.75, 3.05) is 19.8 Å². The average molecular weight is 241 g/mol. The molecule has 2 fully saturated rings. The van der Waals surface area contributed by atoms with Crippen LogP contribution in [0.15, 0.2) is 0 Å². The molecule has 2 rings (SSSR count). The van der Waals surface area contributed by atoms with E-state index in [1.54, 1.807) is 0 Å². The molecule has 0 radical (unpaired) electrons. The van der Waals surface area contributed by atoms with Gasteiger partial charge in [-0.05, 0) is 31.7 Å². The van der Waals surface area contributed by atoms with Gasteiger partial charge in [0, 0.05) is 12.6 Å². The highest BCUT2D eigenvalue weighted by Crippen LogP contribution is 2.27. The SMILES string of the molecule is CCNC1CCOCC1OC1CCCC(C)C1. The second-order valence-electron chi connectivity index (χ2n) is 5.60. The molecule has 17 heavy (non-hydrogen) atoms. The largest absolute Gasteiger partial charge is 0.379 e. The lowest BCUT2D eigenvalue weighted by molar-refractivity contribution is -0.111. The zero-order valence-electron chi connectivity index (χ0n) is 11.3. The topological polar surface area (TPSA) is 30.5 Å². The molecule has 1 aliphatic carbocycles. The first-order chi connectivity index (χ1) is 8.29. The quantitative estimate of drug-likeness (QED) is 0.819. The molecule has 4 atom stereocenters. The fourth-order valence-electron chi connectivity index (χ4n) is 3.09. The van der Waals surface area contributed by atoms with Gasteiger partial charge in [0.15, 0.2) is 0 Å². The number of ether oxygens (including phenoxy) is 2. The maximum atomic E-state index is 6.28. The molecule has 0 aromatic carbocycles. The zero-order chi connectivity index (χ0) is 12.1. The summed E-state index contributed by atoms with van der Waals surface area (Å²) >= 11 is 0. The maximum absolute atomic E-state index is 6.28. The zero-order valence-corrected chi connectivity index (χ0v) is 11.3. The van der Waals surface area contributed by atoms with Crippen molar-refractivity contribution in [3.05, 3.63) is 0 Å². The van der Waals surface area contributed by atoms with E-state index < -0.39 is 0 Å². The minimum atomic E-state index is 0.263. The number of nitrogens with one attached hydrogen (secondary N) is 1. The average Bonchev–Trinajstić information content (AvgIpc) is 2.32. The summed E-state index contributed by atoms with van der Waals surface area (Å²) < 4.78 is 11.8. The van der Waals surface area contributed by atoms with Gasteiger partial charge in [0.25, 0.3) is 0 Å². The van der Waals surface area contributed by atoms with Gasteiger partial charge in [-0.15, -0.1) is 0 Å². The molecular weight excluding hydrogens is 214 g/mol. The van der Waals surface area contributed by atoms with Gasteiger partial charge in [0.05, 0.1) is 18.8 Å². The van der Waals surface area contributed by atoms with Gasteiger partial charge in [-0.2, -0.15) is 0 Å². The minimum absolute atomic E-state index is 0.263. The van der Waals surface area contributed by atoms with Crippen LogP contribution >= 0.6 is 0 Å². The summed E-state index contributed by atoms with van der Waals surface area (Å²) in [6.45, 7) is 7.16. The predicted octanol–water partition coefficient (Wildman–Crippen LogP) is 2.35. The monoisotopic (exact) mass is 241 g/mol. The molecule has 0 spiro atoms. The summed E-state index contributed by atoms with van der Waals surface area (Å²) in [5, 5.41) is 3.53. The Bertz CT molecular complexity index is 220. The Hall–Kier alpha value is -0.120. The summed E-state index contributed by atoms with van der Waals surface area (Å²) in [5.74, 6) is 0.829. The molecule has 1 saturated carbocycles. The van der Waals surface area contributed by atoms with Crippen LogP contribution in [0.4, 0.5) is 0 Å². The first-order valence-electron chi connectivity index (χ1n) is 7.26. The first kappa shape index (κ1) is 13.3. The van der Waals surface area contributed by atoms with Crippen molar-refractivity contribution >= 4 is 0 Å². The van der Waals surface area contributed by atoms with Crippen molar-refractivity contribution in [3.63, 3.8) is 0 Å². The number of likely N-dealkylation sites (N-methyl/N-ethyl adjacent to an activating group) is 1. The fourth-order valence-corrected chi connectivity index (χ4v) is 3.09. The van der Waals surface area contributed by atoms with Gasteiger partial charge in [0.1, 0.15) is 0 Å². The van der Waals surface area contributed by atoms with Crippen LogP contribution in [0, 0.1) is 5.92 Å². The Labute approximate surface area is 105 Å². The maximum Gasteiger partial charge on any atom is 0.0965 e. The molecule has 3 nitrogen and oxygen atoms in total. The third-order valence-electron chi connectivity index (χ3n) is 4.03. The number of hydrogen-bond donors (Lipinski definition) is 1. The van der Waals surface area contributed by atoms with Gasteiger partial charge in [0.2, 0.25) is 0 Å². The molecular formula is C14H27NO2. The Balaban J connectivity index is 1.82. The van der Waals surface area contributed by atoms with Gasteiger partial charge in [-0.1, -0.05) is 26.7 Å². The molecule has 0 aromatic rings. The van der Waals surface area contributed by atoms with E-state index >= 15 is 0 Å². The van der Waals surface area contributed by atoms with Crippen molar-refractivity contribution in [1.82, 2.24) is 5.32 Å². The summed E-state index contributed by atoms with van der Waals surface area (Å²) in [4.78, 5) is 0. The Morgan fingerprint density at radius 2 is 2.18 bits per heavy atom. The van der Waals surface area contributed by atoms with E-state index in [1.807, 2.05) is 0 Å². The smallest absolute Gasteiger partial charge is 0.0965 e. The van der Waals surface area contributed by atoms with E-state index in [2.05, 4.69) is 19.2 Å². The molecule has 1 heterocycles. The summed E-state index contributed by atoms with van der Waals surface area (Å²) in [5.41, 5.74) is 0. The van der Waals surface area contributed by atoms with Gasteiger partial charge in [-0.25, -0.2) is 0 Å². The molecule has 2 aliphatic rings. The molecule has 0 amide bonds. The van der Waals surface area contributed by atoms with E-state index in [-0.39, 0.29) is 6.10 Å². The highest BCUT2D eigenvalue weighted by Gasteiger charge is 2.30. The highest BCUT2D eigenvalue weighted by molar-refractivity contribution is 4.82. The van der Waals surface area contributed by atoms with Crippen molar-refractivity contribution in [2.24, 2.45) is 5.92 Å². The third kappa shape index (κ3) is 3.94. The summed E-state index contributed by atoms with van der Waals surface area (Å²) in [7, 11) is 0. The molecule has 1 N–H and O–H groups in total. The van der Waals surface area contributed by atoms with Crippen molar-refractivity contribution in [3.8, 4) is 0 Å². The molecule has 0 aromatic heterocycles.